The van der Waals surface area contributed by atoms with Crippen LogP contribution in [0.15, 0.2) is 41.9 Å². The molecule has 0 saturated carbocycles. The molecule has 0 aliphatic carbocycles. The number of nitrogens with zero attached hydrogens (tertiary/aromatic N) is 2. The first-order chi connectivity index (χ1) is 14.3. The zero-order valence-corrected chi connectivity index (χ0v) is 18.2. The SMILES string of the molecule is CCCCCCCCc1ccc(OCC)c(-c2csc(-n3cccc3C=O)n2)c1. The van der Waals surface area contributed by atoms with Crippen LogP contribution in [0.5, 0.6) is 5.75 Å². The Labute approximate surface area is 177 Å². The summed E-state index contributed by atoms with van der Waals surface area (Å²) in [6.07, 6.45) is 11.6. The van der Waals surface area contributed by atoms with Crippen LogP contribution in [0.4, 0.5) is 0 Å². The highest BCUT2D eigenvalue weighted by atomic mass is 32.1. The molecule has 3 rings (SSSR count). The topological polar surface area (TPSA) is 44.1 Å². The lowest BCUT2D eigenvalue weighted by atomic mass is 10.0. The summed E-state index contributed by atoms with van der Waals surface area (Å²) in [7, 11) is 0. The van der Waals surface area contributed by atoms with Crippen LogP contribution in [0.25, 0.3) is 16.4 Å². The van der Waals surface area contributed by atoms with Gasteiger partial charge in [-0.1, -0.05) is 45.1 Å². The van der Waals surface area contributed by atoms with Gasteiger partial charge in [0.2, 0.25) is 0 Å². The zero-order chi connectivity index (χ0) is 20.5. The first-order valence-electron chi connectivity index (χ1n) is 10.6. The van der Waals surface area contributed by atoms with E-state index in [1.165, 1.54) is 55.4 Å². The van der Waals surface area contributed by atoms with Crippen LogP contribution in [0.3, 0.4) is 0 Å². The first kappa shape index (κ1) is 21.3. The number of ether oxygens (including phenoxy) is 1. The third kappa shape index (κ3) is 5.57. The molecule has 29 heavy (non-hydrogen) atoms. The van der Waals surface area contributed by atoms with E-state index >= 15 is 0 Å². The zero-order valence-electron chi connectivity index (χ0n) is 17.4. The van der Waals surface area contributed by atoms with E-state index in [4.69, 9.17) is 9.72 Å². The summed E-state index contributed by atoms with van der Waals surface area (Å²) < 4.78 is 7.68. The van der Waals surface area contributed by atoms with Crippen LogP contribution >= 0.6 is 11.3 Å². The summed E-state index contributed by atoms with van der Waals surface area (Å²) in [6.45, 7) is 4.87. The predicted molar refractivity (Wildman–Crippen MR) is 121 cm³/mol. The number of thiazole rings is 1. The Morgan fingerprint density at radius 1 is 1.10 bits per heavy atom. The summed E-state index contributed by atoms with van der Waals surface area (Å²) in [5.74, 6) is 0.860. The van der Waals surface area contributed by atoms with Crippen molar-refractivity contribution in [1.82, 2.24) is 9.55 Å². The van der Waals surface area contributed by atoms with E-state index in [-0.39, 0.29) is 0 Å². The second-order valence-corrected chi connectivity index (χ2v) is 8.05. The number of aldehydes is 1. The van der Waals surface area contributed by atoms with Crippen molar-refractivity contribution in [2.24, 2.45) is 0 Å². The molecule has 2 aromatic heterocycles. The molecule has 5 heteroatoms. The van der Waals surface area contributed by atoms with E-state index in [1.807, 2.05) is 29.1 Å². The van der Waals surface area contributed by atoms with E-state index in [0.29, 0.717) is 12.3 Å². The standard InChI is InChI=1S/C24H30N2O2S/c1-3-5-6-7-8-9-11-19-13-14-23(28-4-2)21(16-19)22-18-29-24(25-22)26-15-10-12-20(26)17-27/h10,12-18H,3-9,11H2,1-2H3. The number of carbonyl (C=O) groups excluding carboxylic acids is 1. The molecular weight excluding hydrogens is 380 g/mol. The molecule has 0 spiro atoms. The number of aromatic nitrogens is 2. The van der Waals surface area contributed by atoms with E-state index in [9.17, 15) is 4.79 Å². The molecule has 0 amide bonds. The molecule has 4 nitrogen and oxygen atoms in total. The smallest absolute Gasteiger partial charge is 0.194 e. The van der Waals surface area contributed by atoms with Gasteiger partial charge in [0.05, 0.1) is 18.0 Å². The van der Waals surface area contributed by atoms with Gasteiger partial charge < -0.3 is 4.74 Å². The van der Waals surface area contributed by atoms with Gasteiger partial charge in [-0.25, -0.2) is 4.98 Å². The fourth-order valence-electron chi connectivity index (χ4n) is 3.49. The van der Waals surface area contributed by atoms with Gasteiger partial charge in [-0.2, -0.15) is 0 Å². The van der Waals surface area contributed by atoms with Crippen LogP contribution in [0.1, 0.15) is 68.4 Å². The first-order valence-corrected chi connectivity index (χ1v) is 11.5. The Bertz CT molecular complexity index is 913. The van der Waals surface area contributed by atoms with E-state index in [1.54, 1.807) is 6.07 Å². The highest BCUT2D eigenvalue weighted by molar-refractivity contribution is 7.12. The fraction of sp³-hybridized carbons (Fsp3) is 0.417. The lowest BCUT2D eigenvalue weighted by Crippen LogP contribution is -1.98. The van der Waals surface area contributed by atoms with Gasteiger partial charge in [0.15, 0.2) is 11.4 Å². The van der Waals surface area contributed by atoms with Gasteiger partial charge in [-0.3, -0.25) is 9.36 Å². The quantitative estimate of drug-likeness (QED) is 0.246. The van der Waals surface area contributed by atoms with Crippen LogP contribution < -0.4 is 4.74 Å². The molecule has 0 fully saturated rings. The fourth-order valence-corrected chi connectivity index (χ4v) is 4.31. The van der Waals surface area contributed by atoms with Crippen molar-refractivity contribution in [3.05, 3.63) is 53.2 Å². The summed E-state index contributed by atoms with van der Waals surface area (Å²) in [5.41, 5.74) is 3.84. The lowest BCUT2D eigenvalue weighted by Gasteiger charge is -2.11. The normalized spacial score (nSPS) is 11.0. The van der Waals surface area contributed by atoms with E-state index in [0.717, 1.165) is 34.8 Å². The summed E-state index contributed by atoms with van der Waals surface area (Å²) in [4.78, 5) is 16.0. The molecule has 3 aromatic rings. The molecule has 0 bridgehead atoms. The summed E-state index contributed by atoms with van der Waals surface area (Å²) >= 11 is 1.53. The Morgan fingerprint density at radius 3 is 2.72 bits per heavy atom. The predicted octanol–water partition coefficient (Wildman–Crippen LogP) is 6.72. The number of rotatable bonds is 12. The number of aryl methyl sites for hydroxylation is 1. The number of benzene rings is 1. The average Bonchev–Trinajstić information content (AvgIpc) is 3.40. The van der Waals surface area contributed by atoms with Gasteiger partial charge in [0.25, 0.3) is 0 Å². The second kappa shape index (κ2) is 11.0. The average molecular weight is 411 g/mol. The van der Waals surface area contributed by atoms with Crippen LogP contribution in [0, 0.1) is 0 Å². The Morgan fingerprint density at radius 2 is 1.93 bits per heavy atom. The molecule has 0 saturated heterocycles. The minimum atomic E-state index is 0.604. The molecule has 0 N–H and O–H groups in total. The van der Waals surface area contributed by atoms with Gasteiger partial charge in [0, 0.05) is 17.1 Å². The third-order valence-corrected chi connectivity index (χ3v) is 5.88. The molecule has 0 unspecified atom stereocenters. The van der Waals surface area contributed by atoms with Crippen molar-refractivity contribution < 1.29 is 9.53 Å². The van der Waals surface area contributed by atoms with Crippen molar-refractivity contribution >= 4 is 17.6 Å². The van der Waals surface area contributed by atoms with Crippen LogP contribution in [-0.4, -0.2) is 22.4 Å². The molecule has 1 aromatic carbocycles. The maximum absolute atomic E-state index is 11.2. The molecule has 0 aliphatic rings. The molecule has 0 radical (unpaired) electrons. The summed E-state index contributed by atoms with van der Waals surface area (Å²) in [5, 5.41) is 2.83. The molecule has 154 valence electrons. The van der Waals surface area contributed by atoms with Gasteiger partial charge in [0.1, 0.15) is 5.75 Å². The van der Waals surface area contributed by atoms with Crippen LogP contribution in [-0.2, 0) is 6.42 Å². The van der Waals surface area contributed by atoms with Crippen molar-refractivity contribution in [1.29, 1.82) is 0 Å². The molecular formula is C24H30N2O2S. The number of carbonyl (C=O) groups is 1. The molecule has 2 heterocycles. The minimum Gasteiger partial charge on any atom is -0.493 e. The highest BCUT2D eigenvalue weighted by Crippen LogP contribution is 2.33. The van der Waals surface area contributed by atoms with Crippen molar-refractivity contribution in [2.45, 2.75) is 58.8 Å². The minimum absolute atomic E-state index is 0.604. The maximum Gasteiger partial charge on any atom is 0.194 e. The van der Waals surface area contributed by atoms with Crippen molar-refractivity contribution in [3.8, 4) is 22.1 Å². The maximum atomic E-state index is 11.2. The largest absolute Gasteiger partial charge is 0.493 e. The Balaban J connectivity index is 1.77. The van der Waals surface area contributed by atoms with Gasteiger partial charge in [-0.15, -0.1) is 11.3 Å². The Hall–Kier alpha value is -2.40. The molecule has 0 atom stereocenters. The van der Waals surface area contributed by atoms with Crippen molar-refractivity contribution in [3.63, 3.8) is 0 Å². The number of unbranched alkanes of at least 4 members (excludes halogenated alkanes) is 5. The monoisotopic (exact) mass is 410 g/mol. The number of hydrogen-bond acceptors (Lipinski definition) is 4. The summed E-state index contributed by atoms with van der Waals surface area (Å²) in [6, 6.07) is 10.1. The Kier molecular flexibility index (Phi) is 8.05. The highest BCUT2D eigenvalue weighted by Gasteiger charge is 2.13. The lowest BCUT2D eigenvalue weighted by molar-refractivity contribution is 0.111. The third-order valence-electron chi connectivity index (χ3n) is 5.04. The van der Waals surface area contributed by atoms with E-state index in [2.05, 4.69) is 25.1 Å². The second-order valence-electron chi connectivity index (χ2n) is 7.22. The van der Waals surface area contributed by atoms with Gasteiger partial charge >= 0.3 is 0 Å². The molecule has 0 aliphatic heterocycles. The van der Waals surface area contributed by atoms with Gasteiger partial charge in [-0.05, 0) is 49.6 Å². The van der Waals surface area contributed by atoms with E-state index < -0.39 is 0 Å². The number of hydrogen-bond donors (Lipinski definition) is 0. The van der Waals surface area contributed by atoms with Crippen LogP contribution in [0.2, 0.25) is 0 Å². The van der Waals surface area contributed by atoms with Crippen molar-refractivity contribution in [2.75, 3.05) is 6.61 Å².